The van der Waals surface area contributed by atoms with Crippen molar-refractivity contribution in [2.45, 2.75) is 25.4 Å². The second-order valence-corrected chi connectivity index (χ2v) is 8.71. The molecule has 0 bridgehead atoms. The van der Waals surface area contributed by atoms with Crippen LogP contribution in [0.1, 0.15) is 16.3 Å². The van der Waals surface area contributed by atoms with E-state index in [2.05, 4.69) is 30.8 Å². The molecule has 1 aromatic carbocycles. The van der Waals surface area contributed by atoms with Gasteiger partial charge in [0.15, 0.2) is 5.78 Å². The predicted octanol–water partition coefficient (Wildman–Crippen LogP) is 3.61. The zero-order valence-electron chi connectivity index (χ0n) is 17.0. The number of carbonyl (C=O) groups excluding carboxylic acids is 1. The highest BCUT2D eigenvalue weighted by atomic mass is 32.1. The Morgan fingerprint density at radius 2 is 2.00 bits per heavy atom. The van der Waals surface area contributed by atoms with Crippen molar-refractivity contribution in [3.63, 3.8) is 0 Å². The standard InChI is InChI=1S/C22H22N6OS2/c1-23-20-10-16(7-8-24-20)22-28-27-21(31-22)11-19(29)18(9-15-5-3-2-4-6-15)25-12-17-13-30-14-26-17/h2-8,10,13-14,18,25H,9,11-12H2,1H3,(H,23,24)/t18-/m0/s1. The fourth-order valence-corrected chi connectivity index (χ4v) is 4.52. The Balaban J connectivity index is 1.46. The van der Waals surface area contributed by atoms with E-state index in [-0.39, 0.29) is 18.2 Å². The lowest BCUT2D eigenvalue weighted by molar-refractivity contribution is -0.120. The number of anilines is 1. The predicted molar refractivity (Wildman–Crippen MR) is 124 cm³/mol. The topological polar surface area (TPSA) is 92.7 Å². The van der Waals surface area contributed by atoms with Crippen LogP contribution in [-0.2, 0) is 24.2 Å². The maximum absolute atomic E-state index is 13.2. The van der Waals surface area contributed by atoms with E-state index in [1.54, 1.807) is 23.0 Å². The molecule has 0 spiro atoms. The fourth-order valence-electron chi connectivity index (χ4n) is 3.12. The average Bonchev–Trinajstić information content (AvgIpc) is 3.49. The van der Waals surface area contributed by atoms with Gasteiger partial charge in [-0.15, -0.1) is 21.5 Å². The minimum atomic E-state index is -0.326. The van der Waals surface area contributed by atoms with Crippen molar-refractivity contribution in [1.82, 2.24) is 25.5 Å². The van der Waals surface area contributed by atoms with E-state index in [0.29, 0.717) is 18.0 Å². The number of aromatic nitrogens is 4. The highest BCUT2D eigenvalue weighted by Gasteiger charge is 2.21. The fraction of sp³-hybridized carbons (Fsp3) is 0.227. The van der Waals surface area contributed by atoms with E-state index >= 15 is 0 Å². The molecular weight excluding hydrogens is 428 g/mol. The molecule has 3 heterocycles. The largest absolute Gasteiger partial charge is 0.373 e. The van der Waals surface area contributed by atoms with Gasteiger partial charge in [-0.1, -0.05) is 41.7 Å². The third-order valence-corrected chi connectivity index (χ3v) is 6.35. The summed E-state index contributed by atoms with van der Waals surface area (Å²) < 4.78 is 0. The first-order valence-corrected chi connectivity index (χ1v) is 11.6. The molecule has 4 aromatic rings. The average molecular weight is 451 g/mol. The molecule has 0 aliphatic carbocycles. The molecule has 0 fully saturated rings. The number of rotatable bonds is 10. The summed E-state index contributed by atoms with van der Waals surface area (Å²) in [6.07, 6.45) is 2.58. The monoisotopic (exact) mass is 450 g/mol. The summed E-state index contributed by atoms with van der Waals surface area (Å²) in [5.74, 6) is 0.854. The first-order valence-electron chi connectivity index (χ1n) is 9.85. The first-order chi connectivity index (χ1) is 15.2. The Morgan fingerprint density at radius 3 is 2.77 bits per heavy atom. The van der Waals surface area contributed by atoms with E-state index < -0.39 is 0 Å². The van der Waals surface area contributed by atoms with Crippen LogP contribution in [0.25, 0.3) is 10.6 Å². The Morgan fingerprint density at radius 1 is 1.13 bits per heavy atom. The van der Waals surface area contributed by atoms with Crippen LogP contribution in [0.3, 0.4) is 0 Å². The minimum Gasteiger partial charge on any atom is -0.373 e. The van der Waals surface area contributed by atoms with Crippen molar-refractivity contribution in [2.24, 2.45) is 0 Å². The molecule has 0 amide bonds. The van der Waals surface area contributed by atoms with Gasteiger partial charge in [0.05, 0.1) is 23.7 Å². The molecular formula is C22H22N6OS2. The van der Waals surface area contributed by atoms with E-state index in [1.165, 1.54) is 11.3 Å². The molecule has 0 unspecified atom stereocenters. The van der Waals surface area contributed by atoms with Crippen LogP contribution in [0, 0.1) is 0 Å². The SMILES string of the molecule is CNc1cc(-c2nnc(CC(=O)[C@H](Cc3ccccc3)NCc3cscn3)s2)ccn1. The maximum atomic E-state index is 13.2. The Labute approximate surface area is 188 Å². The van der Waals surface area contributed by atoms with Gasteiger partial charge >= 0.3 is 0 Å². The van der Waals surface area contributed by atoms with Crippen LogP contribution in [0.4, 0.5) is 5.82 Å². The lowest BCUT2D eigenvalue weighted by Crippen LogP contribution is -2.39. The zero-order valence-corrected chi connectivity index (χ0v) is 18.6. The summed E-state index contributed by atoms with van der Waals surface area (Å²) in [6.45, 7) is 0.553. The molecule has 0 saturated heterocycles. The van der Waals surface area contributed by atoms with Crippen LogP contribution in [0.5, 0.6) is 0 Å². The molecule has 9 heteroatoms. The highest BCUT2D eigenvalue weighted by molar-refractivity contribution is 7.14. The van der Waals surface area contributed by atoms with Gasteiger partial charge in [-0.05, 0) is 24.1 Å². The number of nitrogens with zero attached hydrogens (tertiary/aromatic N) is 4. The quantitative estimate of drug-likeness (QED) is 0.381. The van der Waals surface area contributed by atoms with Gasteiger partial charge < -0.3 is 10.6 Å². The minimum absolute atomic E-state index is 0.0902. The molecule has 1 atom stereocenters. The third kappa shape index (κ3) is 5.78. The Bertz CT molecular complexity index is 1110. The second-order valence-electron chi connectivity index (χ2n) is 6.93. The summed E-state index contributed by atoms with van der Waals surface area (Å²) in [5.41, 5.74) is 4.78. The number of hydrogen-bond donors (Lipinski definition) is 2. The molecule has 0 aliphatic heterocycles. The number of ketones is 1. The van der Waals surface area contributed by atoms with E-state index in [4.69, 9.17) is 0 Å². The van der Waals surface area contributed by atoms with Gasteiger partial charge in [0.2, 0.25) is 0 Å². The molecule has 158 valence electrons. The Hall–Kier alpha value is -3.01. The number of carbonyl (C=O) groups is 1. The summed E-state index contributed by atoms with van der Waals surface area (Å²) in [5, 5.41) is 18.4. The van der Waals surface area contributed by atoms with Gasteiger partial charge in [-0.2, -0.15) is 0 Å². The number of hydrogen-bond acceptors (Lipinski definition) is 9. The number of thiazole rings is 1. The third-order valence-electron chi connectivity index (χ3n) is 4.74. The van der Waals surface area contributed by atoms with Crippen molar-refractivity contribution in [3.05, 3.63) is 75.8 Å². The van der Waals surface area contributed by atoms with E-state index in [0.717, 1.165) is 27.6 Å². The van der Waals surface area contributed by atoms with Crippen LogP contribution in [-0.4, -0.2) is 39.0 Å². The maximum Gasteiger partial charge on any atom is 0.156 e. The van der Waals surface area contributed by atoms with Crippen molar-refractivity contribution in [1.29, 1.82) is 0 Å². The summed E-state index contributed by atoms with van der Waals surface area (Å²) in [4.78, 5) is 21.7. The number of pyridine rings is 1. The number of benzene rings is 1. The smallest absolute Gasteiger partial charge is 0.156 e. The van der Waals surface area contributed by atoms with Gasteiger partial charge in [0.25, 0.3) is 0 Å². The van der Waals surface area contributed by atoms with Gasteiger partial charge in [0.1, 0.15) is 15.8 Å². The van der Waals surface area contributed by atoms with Crippen molar-refractivity contribution >= 4 is 34.3 Å². The molecule has 4 rings (SSSR count). The van der Waals surface area contributed by atoms with Crippen LogP contribution in [0.15, 0.2) is 59.6 Å². The van der Waals surface area contributed by atoms with Crippen LogP contribution < -0.4 is 10.6 Å². The highest BCUT2D eigenvalue weighted by Crippen LogP contribution is 2.25. The van der Waals surface area contributed by atoms with Crippen molar-refractivity contribution < 1.29 is 4.79 Å². The Kier molecular flexibility index (Phi) is 7.08. The number of Topliss-reactive ketones (excluding diaryl/α,β-unsaturated/α-hetero) is 1. The molecule has 0 aliphatic rings. The molecule has 0 saturated carbocycles. The van der Waals surface area contributed by atoms with E-state index in [9.17, 15) is 4.79 Å². The lowest BCUT2D eigenvalue weighted by atomic mass is 10.0. The van der Waals surface area contributed by atoms with Gasteiger partial charge in [-0.3, -0.25) is 4.79 Å². The van der Waals surface area contributed by atoms with Gasteiger partial charge in [0, 0.05) is 30.7 Å². The normalized spacial score (nSPS) is 11.9. The van der Waals surface area contributed by atoms with Crippen LogP contribution >= 0.6 is 22.7 Å². The zero-order chi connectivity index (χ0) is 21.5. The second kappa shape index (κ2) is 10.3. The molecule has 2 N–H and O–H groups in total. The van der Waals surface area contributed by atoms with E-state index in [1.807, 2.05) is 54.9 Å². The molecule has 7 nitrogen and oxygen atoms in total. The molecule has 3 aromatic heterocycles. The molecule has 0 radical (unpaired) electrons. The van der Waals surface area contributed by atoms with Gasteiger partial charge in [-0.25, -0.2) is 9.97 Å². The van der Waals surface area contributed by atoms with Crippen molar-refractivity contribution in [3.8, 4) is 10.6 Å². The van der Waals surface area contributed by atoms with Crippen molar-refractivity contribution in [2.75, 3.05) is 12.4 Å². The lowest BCUT2D eigenvalue weighted by Gasteiger charge is -2.17. The summed E-state index contributed by atoms with van der Waals surface area (Å²) in [7, 11) is 1.82. The first kappa shape index (κ1) is 21.2. The molecule has 31 heavy (non-hydrogen) atoms. The van der Waals surface area contributed by atoms with Crippen LogP contribution in [0.2, 0.25) is 0 Å². The summed E-state index contributed by atoms with van der Waals surface area (Å²) >= 11 is 2.98. The summed E-state index contributed by atoms with van der Waals surface area (Å²) in [6, 6.07) is 13.5. The number of nitrogens with one attached hydrogen (secondary N) is 2.